The molecule has 1 fully saturated rings. The number of benzene rings is 4. The van der Waals surface area contributed by atoms with Crippen molar-refractivity contribution in [1.29, 1.82) is 0 Å². The smallest absolute Gasteiger partial charge is 0.410 e. The van der Waals surface area contributed by atoms with Gasteiger partial charge in [-0.3, -0.25) is 0 Å². The van der Waals surface area contributed by atoms with Gasteiger partial charge in [-0.1, -0.05) is 121 Å². The minimum Gasteiger partial charge on any atom is -0.445 e. The number of nitrogens with zero attached hydrogens (tertiary/aromatic N) is 1. The van der Waals surface area contributed by atoms with E-state index in [0.29, 0.717) is 19.6 Å². The van der Waals surface area contributed by atoms with Gasteiger partial charge in [0.1, 0.15) is 18.8 Å². The summed E-state index contributed by atoms with van der Waals surface area (Å²) in [5, 5.41) is 11.4. The molecule has 4 aromatic rings. The van der Waals surface area contributed by atoms with Crippen LogP contribution in [0.4, 0.5) is 4.79 Å². The van der Waals surface area contributed by atoms with Crippen molar-refractivity contribution in [3.05, 3.63) is 144 Å². The fourth-order valence-corrected chi connectivity index (χ4v) is 5.25. The highest BCUT2D eigenvalue weighted by Crippen LogP contribution is 2.27. The first kappa shape index (κ1) is 30.4. The van der Waals surface area contributed by atoms with Gasteiger partial charge >= 0.3 is 6.09 Å². The highest BCUT2D eigenvalue weighted by atomic mass is 16.6. The lowest BCUT2D eigenvalue weighted by Gasteiger charge is -2.37. The standard InChI is InChI=1S/C36H39NO6/c38-33-21-22-37(36(39)43-26-31-19-11-4-12-20-31)32(27-40-23-28-13-5-1-6-14-28)34(41-24-29-15-7-2-8-16-29)35(33)42-25-30-17-9-3-10-18-30/h1-20,32-35,38H,21-27H2/t32-,33-,34-,35-/m1/s1. The monoisotopic (exact) mass is 581 g/mol. The molecule has 0 radical (unpaired) electrons. The van der Waals surface area contributed by atoms with Gasteiger partial charge in [0.05, 0.1) is 38.6 Å². The van der Waals surface area contributed by atoms with E-state index >= 15 is 0 Å². The Kier molecular flexibility index (Phi) is 11.3. The molecule has 1 N–H and O–H groups in total. The quantitative estimate of drug-likeness (QED) is 0.216. The van der Waals surface area contributed by atoms with E-state index in [1.165, 1.54) is 0 Å². The molecule has 1 heterocycles. The van der Waals surface area contributed by atoms with E-state index < -0.39 is 30.4 Å². The number of aliphatic hydroxyl groups is 1. The molecule has 0 bridgehead atoms. The van der Waals surface area contributed by atoms with E-state index in [1.54, 1.807) is 4.90 Å². The van der Waals surface area contributed by atoms with E-state index in [0.717, 1.165) is 22.3 Å². The largest absolute Gasteiger partial charge is 0.445 e. The highest BCUT2D eigenvalue weighted by Gasteiger charge is 2.44. The minimum absolute atomic E-state index is 0.139. The molecule has 1 aliphatic rings. The molecule has 1 saturated heterocycles. The number of amides is 1. The van der Waals surface area contributed by atoms with E-state index in [-0.39, 0.29) is 26.4 Å². The first-order valence-corrected chi connectivity index (χ1v) is 14.8. The maximum absolute atomic E-state index is 13.7. The molecule has 7 nitrogen and oxygen atoms in total. The zero-order chi connectivity index (χ0) is 29.7. The number of likely N-dealkylation sites (tertiary alicyclic amines) is 1. The first-order valence-electron chi connectivity index (χ1n) is 14.8. The molecule has 0 saturated carbocycles. The van der Waals surface area contributed by atoms with Crippen molar-refractivity contribution in [3.8, 4) is 0 Å². The van der Waals surface area contributed by atoms with Crippen molar-refractivity contribution in [2.24, 2.45) is 0 Å². The zero-order valence-electron chi connectivity index (χ0n) is 24.2. The Bertz CT molecular complexity index is 1360. The van der Waals surface area contributed by atoms with Crippen LogP contribution in [-0.2, 0) is 45.4 Å². The number of aliphatic hydroxyl groups excluding tert-OH is 1. The Morgan fingerprint density at radius 2 is 1.07 bits per heavy atom. The molecular weight excluding hydrogens is 542 g/mol. The SMILES string of the molecule is O=C(OCc1ccccc1)N1CC[C@@H](O)[C@@H](OCc2ccccc2)[C@H](OCc2ccccc2)[C@H]1COCc1ccccc1. The van der Waals surface area contributed by atoms with Crippen LogP contribution in [-0.4, -0.2) is 53.6 Å². The predicted octanol–water partition coefficient (Wildman–Crippen LogP) is 6.15. The lowest BCUT2D eigenvalue weighted by atomic mass is 10.0. The number of ether oxygens (including phenoxy) is 4. The van der Waals surface area contributed by atoms with E-state index in [1.807, 2.05) is 121 Å². The molecule has 7 heteroatoms. The summed E-state index contributed by atoms with van der Waals surface area (Å²) >= 11 is 0. The summed E-state index contributed by atoms with van der Waals surface area (Å²) in [7, 11) is 0. The van der Waals surface area contributed by atoms with Gasteiger partial charge in [0.2, 0.25) is 0 Å². The highest BCUT2D eigenvalue weighted by molar-refractivity contribution is 5.68. The van der Waals surface area contributed by atoms with Gasteiger partial charge in [0, 0.05) is 6.54 Å². The van der Waals surface area contributed by atoms with Gasteiger partial charge in [-0.25, -0.2) is 4.79 Å². The molecule has 4 aromatic carbocycles. The second-order valence-corrected chi connectivity index (χ2v) is 10.7. The second kappa shape index (κ2) is 16.0. The van der Waals surface area contributed by atoms with Gasteiger partial charge < -0.3 is 29.0 Å². The van der Waals surface area contributed by atoms with Gasteiger partial charge in [0.15, 0.2) is 0 Å². The van der Waals surface area contributed by atoms with Crippen molar-refractivity contribution in [1.82, 2.24) is 4.90 Å². The maximum Gasteiger partial charge on any atom is 0.410 e. The van der Waals surface area contributed by atoms with Gasteiger partial charge in [-0.15, -0.1) is 0 Å². The van der Waals surface area contributed by atoms with Crippen LogP contribution in [0.15, 0.2) is 121 Å². The van der Waals surface area contributed by atoms with Gasteiger partial charge in [-0.2, -0.15) is 0 Å². The predicted molar refractivity (Wildman–Crippen MR) is 164 cm³/mol. The number of hydrogen-bond donors (Lipinski definition) is 1. The maximum atomic E-state index is 13.7. The van der Waals surface area contributed by atoms with Crippen molar-refractivity contribution >= 4 is 6.09 Å². The first-order chi connectivity index (χ1) is 21.2. The van der Waals surface area contributed by atoms with E-state index in [4.69, 9.17) is 18.9 Å². The van der Waals surface area contributed by atoms with Crippen LogP contribution in [0.5, 0.6) is 0 Å². The third kappa shape index (κ3) is 8.99. The summed E-state index contributed by atoms with van der Waals surface area (Å²) in [4.78, 5) is 15.3. The molecule has 224 valence electrons. The third-order valence-corrected chi connectivity index (χ3v) is 7.56. The van der Waals surface area contributed by atoms with Gasteiger partial charge in [0.25, 0.3) is 0 Å². The van der Waals surface area contributed by atoms with Crippen molar-refractivity contribution < 1.29 is 28.8 Å². The molecule has 0 unspecified atom stereocenters. The molecule has 1 aliphatic heterocycles. The Hall–Kier alpha value is -4.01. The van der Waals surface area contributed by atoms with E-state index in [2.05, 4.69) is 0 Å². The third-order valence-electron chi connectivity index (χ3n) is 7.56. The molecular formula is C36H39NO6. The zero-order valence-corrected chi connectivity index (χ0v) is 24.2. The Balaban J connectivity index is 1.40. The lowest BCUT2D eigenvalue weighted by molar-refractivity contribution is -0.149. The van der Waals surface area contributed by atoms with Crippen LogP contribution in [0.2, 0.25) is 0 Å². The Morgan fingerprint density at radius 1 is 0.628 bits per heavy atom. The fourth-order valence-electron chi connectivity index (χ4n) is 5.25. The molecule has 43 heavy (non-hydrogen) atoms. The average molecular weight is 582 g/mol. The summed E-state index contributed by atoms with van der Waals surface area (Å²) in [5.74, 6) is 0. The summed E-state index contributed by atoms with van der Waals surface area (Å²) in [6, 6.07) is 38.6. The number of rotatable bonds is 12. The van der Waals surface area contributed by atoms with Crippen LogP contribution in [0.25, 0.3) is 0 Å². The van der Waals surface area contributed by atoms with Crippen LogP contribution < -0.4 is 0 Å². The number of carbonyl (C=O) groups is 1. The average Bonchev–Trinajstić information content (AvgIpc) is 3.19. The summed E-state index contributed by atoms with van der Waals surface area (Å²) in [5.41, 5.74) is 3.87. The molecule has 1 amide bonds. The summed E-state index contributed by atoms with van der Waals surface area (Å²) in [6.07, 6.45) is -2.45. The van der Waals surface area contributed by atoms with Crippen molar-refractivity contribution in [2.75, 3.05) is 13.2 Å². The topological polar surface area (TPSA) is 77.5 Å². The summed E-state index contributed by atoms with van der Waals surface area (Å²) < 4.78 is 25.0. The van der Waals surface area contributed by atoms with Crippen molar-refractivity contribution in [2.45, 2.75) is 57.2 Å². The molecule has 5 rings (SSSR count). The summed E-state index contributed by atoms with van der Waals surface area (Å²) in [6.45, 7) is 1.53. The fraction of sp³-hybridized carbons (Fsp3) is 0.306. The van der Waals surface area contributed by atoms with E-state index in [9.17, 15) is 9.90 Å². The molecule has 4 atom stereocenters. The molecule has 0 aromatic heterocycles. The molecule has 0 spiro atoms. The second-order valence-electron chi connectivity index (χ2n) is 10.7. The molecule has 0 aliphatic carbocycles. The van der Waals surface area contributed by atoms with Crippen LogP contribution in [0, 0.1) is 0 Å². The Labute approximate surface area is 253 Å². The van der Waals surface area contributed by atoms with Crippen LogP contribution >= 0.6 is 0 Å². The lowest BCUT2D eigenvalue weighted by Crippen LogP contribution is -2.54. The Morgan fingerprint density at radius 3 is 1.58 bits per heavy atom. The van der Waals surface area contributed by atoms with Crippen LogP contribution in [0.3, 0.4) is 0 Å². The van der Waals surface area contributed by atoms with Crippen LogP contribution in [0.1, 0.15) is 28.7 Å². The van der Waals surface area contributed by atoms with Crippen molar-refractivity contribution in [3.63, 3.8) is 0 Å². The number of hydrogen-bond acceptors (Lipinski definition) is 6. The minimum atomic E-state index is -0.868. The normalized spacial score (nSPS) is 20.3. The number of carbonyl (C=O) groups excluding carboxylic acids is 1. The van der Waals surface area contributed by atoms with Gasteiger partial charge in [-0.05, 0) is 28.7 Å².